The topological polar surface area (TPSA) is 58.2 Å². The van der Waals surface area contributed by atoms with E-state index in [1.807, 2.05) is 4.72 Å². The van der Waals surface area contributed by atoms with E-state index in [1.54, 1.807) is 19.2 Å². The highest BCUT2D eigenvalue weighted by molar-refractivity contribution is 7.92. The number of rotatable bonds is 5. The van der Waals surface area contributed by atoms with Crippen LogP contribution in [0.4, 0.5) is 14.5 Å². The number of halogens is 2. The van der Waals surface area contributed by atoms with Gasteiger partial charge in [0, 0.05) is 12.6 Å². The van der Waals surface area contributed by atoms with Crippen molar-refractivity contribution in [1.29, 1.82) is 0 Å². The van der Waals surface area contributed by atoms with Crippen LogP contribution in [0.1, 0.15) is 5.56 Å². The summed E-state index contributed by atoms with van der Waals surface area (Å²) >= 11 is 0. The molecule has 7 heteroatoms. The zero-order valence-electron chi connectivity index (χ0n) is 11.2. The van der Waals surface area contributed by atoms with Crippen molar-refractivity contribution in [2.24, 2.45) is 0 Å². The average molecular weight is 312 g/mol. The summed E-state index contributed by atoms with van der Waals surface area (Å²) < 4.78 is 52.8. The second-order valence-electron chi connectivity index (χ2n) is 4.40. The van der Waals surface area contributed by atoms with E-state index in [4.69, 9.17) is 0 Å². The minimum absolute atomic E-state index is 0.0222. The molecule has 0 saturated heterocycles. The Labute approximate surface area is 121 Å². The Hall–Kier alpha value is -1.99. The van der Waals surface area contributed by atoms with Gasteiger partial charge in [-0.15, -0.1) is 0 Å². The molecule has 0 atom stereocenters. The third-order valence-electron chi connectivity index (χ3n) is 2.79. The molecular formula is C14H14F2N2O2S. The molecule has 2 rings (SSSR count). The van der Waals surface area contributed by atoms with Crippen LogP contribution in [0, 0.1) is 11.6 Å². The Morgan fingerprint density at radius 2 is 1.71 bits per heavy atom. The minimum Gasteiger partial charge on any atom is -0.316 e. The summed E-state index contributed by atoms with van der Waals surface area (Å²) in [7, 11) is -2.18. The fourth-order valence-electron chi connectivity index (χ4n) is 1.77. The maximum Gasteiger partial charge on any atom is 0.261 e. The first-order valence-electron chi connectivity index (χ1n) is 6.14. The normalized spacial score (nSPS) is 11.4. The molecule has 112 valence electrons. The van der Waals surface area contributed by atoms with Crippen molar-refractivity contribution in [3.8, 4) is 0 Å². The number of anilines is 1. The van der Waals surface area contributed by atoms with Gasteiger partial charge in [0.05, 0.1) is 10.6 Å². The van der Waals surface area contributed by atoms with Crippen molar-refractivity contribution in [2.45, 2.75) is 11.4 Å². The molecule has 0 spiro atoms. The van der Waals surface area contributed by atoms with Gasteiger partial charge in [0.25, 0.3) is 10.0 Å². The zero-order chi connectivity index (χ0) is 15.5. The number of nitrogens with one attached hydrogen (secondary N) is 2. The fourth-order valence-corrected chi connectivity index (χ4v) is 2.83. The van der Waals surface area contributed by atoms with Gasteiger partial charge in [0.2, 0.25) is 0 Å². The molecule has 0 unspecified atom stereocenters. The van der Waals surface area contributed by atoms with Gasteiger partial charge in [-0.2, -0.15) is 0 Å². The lowest BCUT2D eigenvalue weighted by molar-refractivity contribution is 0.594. The van der Waals surface area contributed by atoms with E-state index >= 15 is 0 Å². The Balaban J connectivity index is 2.27. The van der Waals surface area contributed by atoms with Gasteiger partial charge in [-0.1, -0.05) is 12.1 Å². The maximum absolute atomic E-state index is 13.5. The highest BCUT2D eigenvalue weighted by Gasteiger charge is 2.16. The Morgan fingerprint density at radius 3 is 2.33 bits per heavy atom. The molecule has 0 amide bonds. The summed E-state index contributed by atoms with van der Waals surface area (Å²) in [6.07, 6.45) is 0. The van der Waals surface area contributed by atoms with Crippen molar-refractivity contribution in [1.82, 2.24) is 5.32 Å². The highest BCUT2D eigenvalue weighted by atomic mass is 32.2. The zero-order valence-corrected chi connectivity index (χ0v) is 12.0. The van der Waals surface area contributed by atoms with E-state index in [0.29, 0.717) is 6.54 Å². The lowest BCUT2D eigenvalue weighted by Gasteiger charge is -2.09. The molecule has 0 aliphatic heterocycles. The molecule has 0 bridgehead atoms. The van der Waals surface area contributed by atoms with Crippen LogP contribution < -0.4 is 10.0 Å². The molecule has 0 aliphatic carbocycles. The lowest BCUT2D eigenvalue weighted by atomic mass is 10.2. The molecule has 0 fully saturated rings. The third kappa shape index (κ3) is 3.77. The Bertz CT molecular complexity index is 731. The Morgan fingerprint density at radius 1 is 1.05 bits per heavy atom. The van der Waals surface area contributed by atoms with Crippen LogP contribution in [0.15, 0.2) is 47.4 Å². The largest absolute Gasteiger partial charge is 0.316 e. The summed E-state index contributed by atoms with van der Waals surface area (Å²) in [5.41, 5.74) is 0.489. The van der Waals surface area contributed by atoms with Crippen molar-refractivity contribution in [3.05, 3.63) is 59.7 Å². The van der Waals surface area contributed by atoms with E-state index in [1.165, 1.54) is 12.1 Å². The number of hydrogen-bond donors (Lipinski definition) is 2. The van der Waals surface area contributed by atoms with Crippen LogP contribution in [0.2, 0.25) is 0 Å². The van der Waals surface area contributed by atoms with Gasteiger partial charge in [-0.05, 0) is 36.9 Å². The molecule has 0 radical (unpaired) electrons. The van der Waals surface area contributed by atoms with E-state index in [9.17, 15) is 17.2 Å². The molecule has 0 aromatic heterocycles. The van der Waals surface area contributed by atoms with Gasteiger partial charge in [-0.25, -0.2) is 17.2 Å². The monoisotopic (exact) mass is 312 g/mol. The van der Waals surface area contributed by atoms with Crippen LogP contribution in [0.3, 0.4) is 0 Å². The lowest BCUT2D eigenvalue weighted by Crippen LogP contribution is -2.14. The minimum atomic E-state index is -3.96. The van der Waals surface area contributed by atoms with Crippen LogP contribution in [-0.4, -0.2) is 15.5 Å². The number of benzene rings is 2. The first-order valence-corrected chi connectivity index (χ1v) is 7.62. The van der Waals surface area contributed by atoms with Gasteiger partial charge < -0.3 is 5.32 Å². The summed E-state index contributed by atoms with van der Waals surface area (Å²) in [6, 6.07) is 8.68. The van der Waals surface area contributed by atoms with E-state index in [2.05, 4.69) is 5.32 Å². The summed E-state index contributed by atoms with van der Waals surface area (Å²) in [5, 5.41) is 2.94. The fraction of sp³-hybridized carbons (Fsp3) is 0.143. The first kappa shape index (κ1) is 15.4. The molecule has 4 nitrogen and oxygen atoms in total. The van der Waals surface area contributed by atoms with Crippen LogP contribution in [0.5, 0.6) is 0 Å². The van der Waals surface area contributed by atoms with Crippen LogP contribution in [0.25, 0.3) is 0 Å². The SMILES string of the molecule is CNCc1ccc(S(=O)(=O)Nc2cc(F)ccc2F)cc1. The van der Waals surface area contributed by atoms with E-state index in [0.717, 1.165) is 23.8 Å². The standard InChI is InChI=1S/C14H14F2N2O2S/c1-17-9-10-2-5-12(6-3-10)21(19,20)18-14-8-11(15)4-7-13(14)16/h2-8,17-18H,9H2,1H3. The smallest absolute Gasteiger partial charge is 0.261 e. The summed E-state index contributed by atoms with van der Waals surface area (Å²) in [5.74, 6) is -1.56. The molecule has 2 N–H and O–H groups in total. The predicted molar refractivity (Wildman–Crippen MR) is 76.4 cm³/mol. The highest BCUT2D eigenvalue weighted by Crippen LogP contribution is 2.20. The number of hydrogen-bond acceptors (Lipinski definition) is 3. The molecule has 0 saturated carbocycles. The van der Waals surface area contributed by atoms with Crippen LogP contribution in [-0.2, 0) is 16.6 Å². The molecule has 2 aromatic rings. The molecule has 0 aliphatic rings. The van der Waals surface area contributed by atoms with E-state index in [-0.39, 0.29) is 4.90 Å². The first-order chi connectivity index (χ1) is 9.92. The van der Waals surface area contributed by atoms with Gasteiger partial charge in [-0.3, -0.25) is 4.72 Å². The van der Waals surface area contributed by atoms with Gasteiger partial charge in [0.1, 0.15) is 11.6 Å². The third-order valence-corrected chi connectivity index (χ3v) is 4.17. The second-order valence-corrected chi connectivity index (χ2v) is 6.09. The summed E-state index contributed by atoms with van der Waals surface area (Å²) in [4.78, 5) is -0.0222. The summed E-state index contributed by atoms with van der Waals surface area (Å²) in [6.45, 7) is 0.603. The quantitative estimate of drug-likeness (QED) is 0.892. The Kier molecular flexibility index (Phi) is 4.54. The van der Waals surface area contributed by atoms with E-state index < -0.39 is 27.3 Å². The van der Waals surface area contributed by atoms with Crippen LogP contribution >= 0.6 is 0 Å². The molecule has 2 aromatic carbocycles. The predicted octanol–water partition coefficient (Wildman–Crippen LogP) is 2.49. The van der Waals surface area contributed by atoms with Crippen molar-refractivity contribution in [2.75, 3.05) is 11.8 Å². The van der Waals surface area contributed by atoms with Crippen molar-refractivity contribution >= 4 is 15.7 Å². The van der Waals surface area contributed by atoms with Crippen molar-refractivity contribution in [3.63, 3.8) is 0 Å². The van der Waals surface area contributed by atoms with Gasteiger partial charge in [0.15, 0.2) is 0 Å². The molecule has 21 heavy (non-hydrogen) atoms. The van der Waals surface area contributed by atoms with Crippen molar-refractivity contribution < 1.29 is 17.2 Å². The maximum atomic E-state index is 13.5. The average Bonchev–Trinajstić information content (AvgIpc) is 2.44. The molecule has 0 heterocycles. The van der Waals surface area contributed by atoms with Gasteiger partial charge >= 0.3 is 0 Å². The number of sulfonamides is 1. The second kappa shape index (κ2) is 6.19. The molecular weight excluding hydrogens is 298 g/mol.